The normalized spacial score (nSPS) is 11.0. The molecule has 6 nitrogen and oxygen atoms in total. The third-order valence-electron chi connectivity index (χ3n) is 3.79. The fourth-order valence-corrected chi connectivity index (χ4v) is 2.53. The lowest BCUT2D eigenvalue weighted by molar-refractivity contribution is -0.115. The van der Waals surface area contributed by atoms with Gasteiger partial charge in [-0.3, -0.25) is 9.79 Å². The van der Waals surface area contributed by atoms with Crippen LogP contribution < -0.4 is 20.7 Å². The largest absolute Gasteiger partial charge is 0.488 e. The highest BCUT2D eigenvalue weighted by atomic mass is 127. The van der Waals surface area contributed by atoms with Gasteiger partial charge in [0, 0.05) is 30.4 Å². The lowest BCUT2D eigenvalue weighted by Crippen LogP contribution is -2.41. The Morgan fingerprint density at radius 2 is 1.87 bits per heavy atom. The first kappa shape index (κ1) is 25.3. The van der Waals surface area contributed by atoms with Crippen LogP contribution in [0.2, 0.25) is 0 Å². The van der Waals surface area contributed by atoms with Crippen molar-refractivity contribution in [2.75, 3.05) is 18.9 Å². The van der Waals surface area contributed by atoms with Gasteiger partial charge in [0.25, 0.3) is 0 Å². The van der Waals surface area contributed by atoms with E-state index < -0.39 is 0 Å². The van der Waals surface area contributed by atoms with E-state index in [1.54, 1.807) is 31.3 Å². The van der Waals surface area contributed by atoms with Crippen LogP contribution in [0.4, 0.5) is 5.69 Å². The number of ether oxygens (including phenoxy) is 1. The number of rotatable bonds is 6. The van der Waals surface area contributed by atoms with E-state index in [4.69, 9.17) is 11.2 Å². The van der Waals surface area contributed by atoms with E-state index in [1.807, 2.05) is 45.0 Å². The van der Waals surface area contributed by atoms with Crippen LogP contribution in [0.25, 0.3) is 0 Å². The second kappa shape index (κ2) is 12.1. The first-order valence-electron chi connectivity index (χ1n) is 9.38. The number of guanidine groups is 1. The third kappa shape index (κ3) is 8.74. The van der Waals surface area contributed by atoms with Gasteiger partial charge in [-0.05, 0) is 45.0 Å². The van der Waals surface area contributed by atoms with Crippen LogP contribution in [0.1, 0.15) is 31.9 Å². The van der Waals surface area contributed by atoms with E-state index in [0.717, 1.165) is 11.3 Å². The van der Waals surface area contributed by atoms with Crippen molar-refractivity contribution in [2.24, 2.45) is 4.99 Å². The average molecular weight is 520 g/mol. The van der Waals surface area contributed by atoms with Gasteiger partial charge in [-0.15, -0.1) is 30.4 Å². The predicted molar refractivity (Wildman–Crippen MR) is 133 cm³/mol. The Labute approximate surface area is 195 Å². The van der Waals surface area contributed by atoms with E-state index >= 15 is 0 Å². The van der Waals surface area contributed by atoms with Crippen LogP contribution in [-0.2, 0) is 11.3 Å². The monoisotopic (exact) mass is 520 g/mol. The molecule has 3 N–H and O–H groups in total. The number of anilines is 1. The van der Waals surface area contributed by atoms with Gasteiger partial charge in [0.2, 0.25) is 5.91 Å². The van der Waals surface area contributed by atoms with E-state index in [1.165, 1.54) is 0 Å². The highest BCUT2D eigenvalue weighted by Crippen LogP contribution is 2.22. The van der Waals surface area contributed by atoms with Crippen LogP contribution in [-0.4, -0.2) is 31.1 Å². The Balaban J connectivity index is 0.00000450. The molecule has 7 heteroatoms. The summed E-state index contributed by atoms with van der Waals surface area (Å²) < 4.78 is 6.00. The summed E-state index contributed by atoms with van der Waals surface area (Å²) in [6.45, 7) is 6.61. The number of nitrogens with zero attached hydrogens (tertiary/aromatic N) is 1. The van der Waals surface area contributed by atoms with E-state index in [9.17, 15) is 4.79 Å². The Bertz CT molecular complexity index is 914. The highest BCUT2D eigenvalue weighted by molar-refractivity contribution is 14.0. The fourth-order valence-electron chi connectivity index (χ4n) is 2.53. The van der Waals surface area contributed by atoms with Crippen molar-refractivity contribution in [1.29, 1.82) is 0 Å². The average Bonchev–Trinajstić information content (AvgIpc) is 2.68. The number of hydrogen-bond acceptors (Lipinski definition) is 3. The molecule has 0 radical (unpaired) electrons. The van der Waals surface area contributed by atoms with Crippen LogP contribution in [0, 0.1) is 12.3 Å². The summed E-state index contributed by atoms with van der Waals surface area (Å²) in [5.41, 5.74) is 2.08. The molecule has 0 aromatic heterocycles. The lowest BCUT2D eigenvalue weighted by atomic mass is 10.1. The van der Waals surface area contributed by atoms with Crippen molar-refractivity contribution in [3.8, 4) is 18.1 Å². The Morgan fingerprint density at radius 1 is 1.13 bits per heavy atom. The van der Waals surface area contributed by atoms with Gasteiger partial charge in [-0.1, -0.05) is 30.2 Å². The summed E-state index contributed by atoms with van der Waals surface area (Å²) in [5, 5.41) is 9.01. The molecule has 0 heterocycles. The second-order valence-electron chi connectivity index (χ2n) is 7.37. The first-order chi connectivity index (χ1) is 13.8. The predicted octanol–water partition coefficient (Wildman–Crippen LogP) is 3.77. The molecule has 0 bridgehead atoms. The van der Waals surface area contributed by atoms with Gasteiger partial charge in [0.1, 0.15) is 11.4 Å². The molecular weight excluding hydrogens is 491 g/mol. The Kier molecular flexibility index (Phi) is 10.2. The zero-order valence-corrected chi connectivity index (χ0v) is 20.1. The van der Waals surface area contributed by atoms with Crippen molar-refractivity contribution in [3.63, 3.8) is 0 Å². The Hall–Kier alpha value is -2.73. The maximum absolute atomic E-state index is 12.2. The zero-order valence-electron chi connectivity index (χ0n) is 17.8. The van der Waals surface area contributed by atoms with Crippen LogP contribution in [0.15, 0.2) is 53.5 Å². The molecule has 0 atom stereocenters. The number of halogens is 1. The number of nitrogens with one attached hydrogen (secondary N) is 3. The van der Waals surface area contributed by atoms with Crippen molar-refractivity contribution >= 4 is 41.5 Å². The highest BCUT2D eigenvalue weighted by Gasteiger charge is 2.14. The van der Waals surface area contributed by atoms with E-state index in [2.05, 4.69) is 26.9 Å². The zero-order chi connectivity index (χ0) is 21.3. The molecule has 0 unspecified atom stereocenters. The van der Waals surface area contributed by atoms with Crippen molar-refractivity contribution in [1.82, 2.24) is 10.6 Å². The quantitative estimate of drug-likeness (QED) is 0.235. The van der Waals surface area contributed by atoms with Gasteiger partial charge >= 0.3 is 0 Å². The summed E-state index contributed by atoms with van der Waals surface area (Å²) >= 11 is 0. The molecule has 30 heavy (non-hydrogen) atoms. The molecule has 0 fully saturated rings. The number of benzene rings is 2. The maximum atomic E-state index is 12.2. The van der Waals surface area contributed by atoms with Crippen molar-refractivity contribution in [3.05, 3.63) is 59.7 Å². The topological polar surface area (TPSA) is 74.8 Å². The van der Waals surface area contributed by atoms with E-state index in [-0.39, 0.29) is 42.0 Å². The molecule has 0 aliphatic heterocycles. The van der Waals surface area contributed by atoms with Gasteiger partial charge in [-0.2, -0.15) is 0 Å². The van der Waals surface area contributed by atoms with Crippen molar-refractivity contribution in [2.45, 2.75) is 32.9 Å². The first-order valence-corrected chi connectivity index (χ1v) is 9.38. The van der Waals surface area contributed by atoms with E-state index in [0.29, 0.717) is 23.8 Å². The van der Waals surface area contributed by atoms with Gasteiger partial charge in [-0.25, -0.2) is 0 Å². The molecule has 0 saturated carbocycles. The summed E-state index contributed by atoms with van der Waals surface area (Å²) in [4.78, 5) is 16.4. The second-order valence-corrected chi connectivity index (χ2v) is 7.37. The molecule has 160 valence electrons. The number of hydrogen-bond donors (Lipinski definition) is 3. The van der Waals surface area contributed by atoms with Gasteiger partial charge in [0.15, 0.2) is 5.96 Å². The Morgan fingerprint density at radius 3 is 2.53 bits per heavy atom. The minimum Gasteiger partial charge on any atom is -0.488 e. The summed E-state index contributed by atoms with van der Waals surface area (Å²) in [6.07, 6.45) is 5.38. The number of para-hydroxylation sites is 1. The molecule has 0 saturated heterocycles. The van der Waals surface area contributed by atoms with Crippen LogP contribution in [0.5, 0.6) is 5.75 Å². The SMILES string of the molecule is C#Cc1cccc(NC(=O)CNC(=NC)NCc2ccccc2OC(C)(C)C)c1.I. The van der Waals surface area contributed by atoms with Crippen LogP contribution >= 0.6 is 24.0 Å². The molecule has 0 aliphatic carbocycles. The number of amides is 1. The van der Waals surface area contributed by atoms with Crippen molar-refractivity contribution < 1.29 is 9.53 Å². The molecule has 2 rings (SSSR count). The number of carbonyl (C=O) groups excluding carboxylic acids is 1. The summed E-state index contributed by atoms with van der Waals surface area (Å²) in [5.74, 6) is 3.68. The minimum absolute atomic E-state index is 0. The standard InChI is InChI=1S/C23H28N4O2.HI/c1-6-17-10-9-12-19(14-17)27-21(28)16-26-22(24-5)25-15-18-11-7-8-13-20(18)29-23(2,3)4;/h1,7-14H,15-16H2,2-5H3,(H,27,28)(H2,24,25,26);1H. The lowest BCUT2D eigenvalue weighted by Gasteiger charge is -2.23. The minimum atomic E-state index is -0.287. The van der Waals surface area contributed by atoms with Gasteiger partial charge in [0.05, 0.1) is 6.54 Å². The summed E-state index contributed by atoms with van der Waals surface area (Å²) in [6, 6.07) is 15.0. The molecular formula is C23H29IN4O2. The molecule has 2 aromatic carbocycles. The fraction of sp³-hybridized carbons (Fsp3) is 0.304. The molecule has 0 aliphatic rings. The smallest absolute Gasteiger partial charge is 0.243 e. The molecule has 0 spiro atoms. The maximum Gasteiger partial charge on any atom is 0.243 e. The molecule has 2 aromatic rings. The number of aliphatic imine (C=N–C) groups is 1. The number of carbonyl (C=O) groups is 1. The summed E-state index contributed by atoms with van der Waals surface area (Å²) in [7, 11) is 1.65. The number of terminal acetylenes is 1. The third-order valence-corrected chi connectivity index (χ3v) is 3.79. The molecule has 1 amide bonds. The van der Waals surface area contributed by atoms with Crippen LogP contribution in [0.3, 0.4) is 0 Å². The van der Waals surface area contributed by atoms with Gasteiger partial charge < -0.3 is 20.7 Å².